The molecule has 0 bridgehead atoms. The molecule has 2 N–H and O–H groups in total. The van der Waals surface area contributed by atoms with Crippen molar-refractivity contribution in [2.45, 2.75) is 6.42 Å². The largest absolute Gasteiger partial charge is 0.495 e. The van der Waals surface area contributed by atoms with Crippen molar-refractivity contribution in [3.63, 3.8) is 0 Å². The quantitative estimate of drug-likeness (QED) is 0.508. The van der Waals surface area contributed by atoms with Gasteiger partial charge in [-0.1, -0.05) is 6.07 Å². The van der Waals surface area contributed by atoms with E-state index in [4.69, 9.17) is 4.74 Å². The number of carbonyl (C=O) groups excluding carboxylic acids is 2. The number of methoxy groups -OCH3 is 1. The van der Waals surface area contributed by atoms with Crippen LogP contribution in [0.4, 0.5) is 22.0 Å². The molecular formula is C20H24N6O5. The molecule has 1 aliphatic rings. The van der Waals surface area contributed by atoms with Gasteiger partial charge in [0, 0.05) is 57.5 Å². The summed E-state index contributed by atoms with van der Waals surface area (Å²) in [5, 5.41) is 16.0. The highest BCUT2D eigenvalue weighted by molar-refractivity contribution is 5.91. The number of benzene rings is 1. The fraction of sp³-hybridized carbons (Fsp3) is 0.350. The van der Waals surface area contributed by atoms with Crippen LogP contribution in [0, 0.1) is 10.1 Å². The minimum atomic E-state index is -0.577. The standard InChI is InChI=1S/C20H24N6O5/c1-31-17-6-5-15(26(29)30)14-16(17)23-20(28)22-9-7-19(27)25-12-10-24(11-13-25)18-4-2-3-8-21-18/h2-6,8,14H,7,9-13H2,1H3,(H2,22,23,28). The third kappa shape index (κ3) is 5.81. The van der Waals surface area contributed by atoms with Crippen molar-refractivity contribution in [3.05, 3.63) is 52.7 Å². The average Bonchev–Trinajstić information content (AvgIpc) is 2.79. The number of nitrogens with one attached hydrogen (secondary N) is 2. The lowest BCUT2D eigenvalue weighted by atomic mass is 10.2. The molecule has 2 aromatic rings. The Morgan fingerprint density at radius 3 is 2.61 bits per heavy atom. The lowest BCUT2D eigenvalue weighted by molar-refractivity contribution is -0.384. The molecule has 0 radical (unpaired) electrons. The molecule has 1 aromatic carbocycles. The third-order valence-corrected chi connectivity index (χ3v) is 4.87. The highest BCUT2D eigenvalue weighted by Crippen LogP contribution is 2.28. The van der Waals surface area contributed by atoms with Crippen LogP contribution in [0.25, 0.3) is 0 Å². The first kappa shape index (κ1) is 21.8. The molecule has 3 rings (SSSR count). The fourth-order valence-electron chi connectivity index (χ4n) is 3.24. The summed E-state index contributed by atoms with van der Waals surface area (Å²) in [4.78, 5) is 43.1. The fourth-order valence-corrected chi connectivity index (χ4v) is 3.24. The first-order valence-electron chi connectivity index (χ1n) is 9.79. The number of rotatable bonds is 7. The maximum Gasteiger partial charge on any atom is 0.319 e. The maximum atomic E-state index is 12.4. The summed E-state index contributed by atoms with van der Waals surface area (Å²) in [5.74, 6) is 1.14. The molecule has 11 nitrogen and oxygen atoms in total. The number of non-ortho nitro benzene ring substituents is 1. The summed E-state index contributed by atoms with van der Waals surface area (Å²) in [5.41, 5.74) is 0.00212. The van der Waals surface area contributed by atoms with E-state index in [1.54, 1.807) is 11.1 Å². The number of nitro benzene ring substituents is 1. The van der Waals surface area contributed by atoms with Crippen LogP contribution in [0.2, 0.25) is 0 Å². The van der Waals surface area contributed by atoms with E-state index in [0.29, 0.717) is 31.9 Å². The zero-order chi connectivity index (χ0) is 22.2. The van der Waals surface area contributed by atoms with Gasteiger partial charge in [0.1, 0.15) is 11.6 Å². The molecule has 1 aromatic heterocycles. The van der Waals surface area contributed by atoms with Gasteiger partial charge < -0.3 is 25.2 Å². The van der Waals surface area contributed by atoms with Crippen molar-refractivity contribution in [3.8, 4) is 5.75 Å². The Morgan fingerprint density at radius 2 is 1.97 bits per heavy atom. The minimum absolute atomic E-state index is 0.0473. The van der Waals surface area contributed by atoms with Crippen LogP contribution < -0.4 is 20.3 Å². The van der Waals surface area contributed by atoms with E-state index in [1.165, 1.54) is 25.3 Å². The van der Waals surface area contributed by atoms with Gasteiger partial charge in [0.2, 0.25) is 5.91 Å². The highest BCUT2D eigenvalue weighted by atomic mass is 16.6. The monoisotopic (exact) mass is 428 g/mol. The molecule has 0 atom stereocenters. The number of urea groups is 1. The number of amides is 3. The molecule has 1 saturated heterocycles. The van der Waals surface area contributed by atoms with E-state index in [2.05, 4.69) is 20.5 Å². The Labute approximate surface area is 179 Å². The summed E-state index contributed by atoms with van der Waals surface area (Å²) < 4.78 is 5.11. The Bertz CT molecular complexity index is 931. The molecule has 3 amide bonds. The number of piperazine rings is 1. The second-order valence-electron chi connectivity index (χ2n) is 6.83. The molecule has 2 heterocycles. The minimum Gasteiger partial charge on any atom is -0.495 e. The first-order valence-corrected chi connectivity index (χ1v) is 9.79. The Balaban J connectivity index is 1.43. The molecule has 0 aliphatic carbocycles. The van der Waals surface area contributed by atoms with E-state index < -0.39 is 11.0 Å². The van der Waals surface area contributed by atoms with E-state index in [0.717, 1.165) is 5.82 Å². The van der Waals surface area contributed by atoms with Gasteiger partial charge in [-0.25, -0.2) is 9.78 Å². The van der Waals surface area contributed by atoms with E-state index >= 15 is 0 Å². The Morgan fingerprint density at radius 1 is 1.19 bits per heavy atom. The molecule has 164 valence electrons. The van der Waals surface area contributed by atoms with Crippen LogP contribution in [0.5, 0.6) is 5.75 Å². The van der Waals surface area contributed by atoms with Gasteiger partial charge in [0.05, 0.1) is 17.7 Å². The molecule has 31 heavy (non-hydrogen) atoms. The average molecular weight is 428 g/mol. The Hall–Kier alpha value is -3.89. The van der Waals surface area contributed by atoms with E-state index in [1.807, 2.05) is 18.2 Å². The first-order chi connectivity index (χ1) is 15.0. The van der Waals surface area contributed by atoms with Crippen molar-refractivity contribution < 1.29 is 19.2 Å². The van der Waals surface area contributed by atoms with Crippen LogP contribution in [0.3, 0.4) is 0 Å². The zero-order valence-corrected chi connectivity index (χ0v) is 17.1. The second kappa shape index (κ2) is 10.2. The second-order valence-corrected chi connectivity index (χ2v) is 6.83. The molecule has 11 heteroatoms. The highest BCUT2D eigenvalue weighted by Gasteiger charge is 2.21. The topological polar surface area (TPSA) is 130 Å². The molecule has 1 fully saturated rings. The number of ether oxygens (including phenoxy) is 1. The smallest absolute Gasteiger partial charge is 0.319 e. The summed E-state index contributed by atoms with van der Waals surface area (Å²) in [6.45, 7) is 2.72. The van der Waals surface area contributed by atoms with Crippen molar-refractivity contribution in [1.29, 1.82) is 0 Å². The number of pyridine rings is 1. The van der Waals surface area contributed by atoms with Crippen LogP contribution >= 0.6 is 0 Å². The summed E-state index contributed by atoms with van der Waals surface area (Å²) in [7, 11) is 1.40. The molecule has 0 spiro atoms. The van der Waals surface area contributed by atoms with Gasteiger partial charge in [-0.3, -0.25) is 14.9 Å². The zero-order valence-electron chi connectivity index (χ0n) is 17.1. The number of hydrogen-bond donors (Lipinski definition) is 2. The number of nitro groups is 1. The van der Waals surface area contributed by atoms with Gasteiger partial charge in [-0.05, 0) is 18.2 Å². The van der Waals surface area contributed by atoms with Crippen LogP contribution in [-0.4, -0.2) is 66.6 Å². The molecule has 0 unspecified atom stereocenters. The molecule has 1 aliphatic heterocycles. The van der Waals surface area contributed by atoms with Gasteiger partial charge in [0.25, 0.3) is 5.69 Å². The van der Waals surface area contributed by atoms with Crippen LogP contribution in [-0.2, 0) is 4.79 Å². The number of aromatic nitrogens is 1. The van der Waals surface area contributed by atoms with Gasteiger partial charge in [-0.2, -0.15) is 0 Å². The summed E-state index contributed by atoms with van der Waals surface area (Å²) in [6, 6.07) is 9.06. The summed E-state index contributed by atoms with van der Waals surface area (Å²) >= 11 is 0. The lowest BCUT2D eigenvalue weighted by Crippen LogP contribution is -2.49. The number of carbonyl (C=O) groups is 2. The van der Waals surface area contributed by atoms with Gasteiger partial charge in [0.15, 0.2) is 0 Å². The number of hydrogen-bond acceptors (Lipinski definition) is 7. The van der Waals surface area contributed by atoms with Crippen molar-refractivity contribution >= 4 is 29.1 Å². The molecule has 0 saturated carbocycles. The van der Waals surface area contributed by atoms with Crippen molar-refractivity contribution in [1.82, 2.24) is 15.2 Å². The van der Waals surface area contributed by atoms with E-state index in [-0.39, 0.29) is 30.2 Å². The van der Waals surface area contributed by atoms with Crippen LogP contribution in [0.15, 0.2) is 42.6 Å². The lowest BCUT2D eigenvalue weighted by Gasteiger charge is -2.35. The third-order valence-electron chi connectivity index (χ3n) is 4.87. The van der Waals surface area contributed by atoms with E-state index in [9.17, 15) is 19.7 Å². The molecular weight excluding hydrogens is 404 g/mol. The van der Waals surface area contributed by atoms with Crippen molar-refractivity contribution in [2.24, 2.45) is 0 Å². The summed E-state index contributed by atoms with van der Waals surface area (Å²) in [6.07, 6.45) is 1.90. The maximum absolute atomic E-state index is 12.4. The predicted molar refractivity (Wildman–Crippen MR) is 114 cm³/mol. The number of anilines is 2. The van der Waals surface area contributed by atoms with Gasteiger partial charge >= 0.3 is 6.03 Å². The van der Waals surface area contributed by atoms with Crippen molar-refractivity contribution in [2.75, 3.05) is 50.1 Å². The normalized spacial score (nSPS) is 13.5. The Kier molecular flexibility index (Phi) is 7.20. The SMILES string of the molecule is COc1ccc([N+](=O)[O-])cc1NC(=O)NCCC(=O)N1CCN(c2ccccn2)CC1. The predicted octanol–water partition coefficient (Wildman–Crippen LogP) is 1.86. The van der Waals surface area contributed by atoms with Crippen LogP contribution in [0.1, 0.15) is 6.42 Å². The van der Waals surface area contributed by atoms with Gasteiger partial charge in [-0.15, -0.1) is 0 Å². The number of nitrogens with zero attached hydrogens (tertiary/aromatic N) is 4.